The average molecular weight is 344 g/mol. The van der Waals surface area contributed by atoms with Crippen molar-refractivity contribution >= 4 is 29.0 Å². The first-order chi connectivity index (χ1) is 11.1. The first kappa shape index (κ1) is 14.6. The molecule has 116 valence electrons. The average Bonchev–Trinajstić information content (AvgIpc) is 3.11. The van der Waals surface area contributed by atoms with Crippen molar-refractivity contribution in [2.45, 2.75) is 13.3 Å². The SMILES string of the molecule is Cc1ccccc1-n1nc(-c2ccc(Cl)cc2Cl)c2c1NCC2. The third-order valence-electron chi connectivity index (χ3n) is 4.18. The largest absolute Gasteiger partial charge is 0.369 e. The second-order valence-corrected chi connectivity index (χ2v) is 6.52. The van der Waals surface area contributed by atoms with Gasteiger partial charge in [0.15, 0.2) is 0 Å². The molecule has 0 bridgehead atoms. The Kier molecular flexibility index (Phi) is 3.55. The molecular weight excluding hydrogens is 329 g/mol. The van der Waals surface area contributed by atoms with Crippen molar-refractivity contribution in [3.05, 3.63) is 63.6 Å². The van der Waals surface area contributed by atoms with Crippen LogP contribution in [0.25, 0.3) is 16.9 Å². The number of hydrogen-bond acceptors (Lipinski definition) is 2. The van der Waals surface area contributed by atoms with Gasteiger partial charge in [-0.05, 0) is 43.2 Å². The van der Waals surface area contributed by atoms with Crippen molar-refractivity contribution < 1.29 is 0 Å². The van der Waals surface area contributed by atoms with E-state index < -0.39 is 0 Å². The molecule has 0 unspecified atom stereocenters. The Hall–Kier alpha value is -1.97. The summed E-state index contributed by atoms with van der Waals surface area (Å²) in [6, 6.07) is 13.8. The summed E-state index contributed by atoms with van der Waals surface area (Å²) in [7, 11) is 0. The Labute approximate surface area is 144 Å². The summed E-state index contributed by atoms with van der Waals surface area (Å²) in [6.07, 6.45) is 0.940. The lowest BCUT2D eigenvalue weighted by molar-refractivity contribution is 0.875. The summed E-state index contributed by atoms with van der Waals surface area (Å²) >= 11 is 12.4. The number of hydrogen-bond donors (Lipinski definition) is 1. The molecule has 1 N–H and O–H groups in total. The molecule has 5 heteroatoms. The summed E-state index contributed by atoms with van der Waals surface area (Å²) in [4.78, 5) is 0. The smallest absolute Gasteiger partial charge is 0.133 e. The van der Waals surface area contributed by atoms with Gasteiger partial charge in [0.25, 0.3) is 0 Å². The van der Waals surface area contributed by atoms with Crippen LogP contribution in [0.2, 0.25) is 10.0 Å². The first-order valence-electron chi connectivity index (χ1n) is 7.52. The number of fused-ring (bicyclic) bond motifs is 1. The number of rotatable bonds is 2. The van der Waals surface area contributed by atoms with Crippen LogP contribution in [-0.2, 0) is 6.42 Å². The predicted octanol–water partition coefficient (Wildman–Crippen LogP) is 5.12. The molecule has 0 amide bonds. The Morgan fingerprint density at radius 2 is 1.96 bits per heavy atom. The molecule has 4 rings (SSSR count). The molecule has 3 nitrogen and oxygen atoms in total. The molecule has 1 aromatic heterocycles. The zero-order chi connectivity index (χ0) is 16.0. The van der Waals surface area contributed by atoms with E-state index in [-0.39, 0.29) is 0 Å². The summed E-state index contributed by atoms with van der Waals surface area (Å²) < 4.78 is 1.98. The lowest BCUT2D eigenvalue weighted by Crippen LogP contribution is -2.05. The predicted molar refractivity (Wildman–Crippen MR) is 96.0 cm³/mol. The molecule has 1 aliphatic rings. The molecule has 0 spiro atoms. The summed E-state index contributed by atoms with van der Waals surface area (Å²) in [5.41, 5.74) is 5.31. The lowest BCUT2D eigenvalue weighted by Gasteiger charge is -2.09. The van der Waals surface area contributed by atoms with E-state index in [2.05, 4.69) is 24.4 Å². The summed E-state index contributed by atoms with van der Waals surface area (Å²) in [6.45, 7) is 3.00. The molecule has 0 saturated carbocycles. The van der Waals surface area contributed by atoms with E-state index in [1.807, 2.05) is 28.9 Å². The third-order valence-corrected chi connectivity index (χ3v) is 4.73. The number of nitrogens with one attached hydrogen (secondary N) is 1. The Morgan fingerprint density at radius 1 is 1.13 bits per heavy atom. The minimum absolute atomic E-state index is 0.627. The Morgan fingerprint density at radius 3 is 2.74 bits per heavy atom. The van der Waals surface area contributed by atoms with Crippen LogP contribution in [0.15, 0.2) is 42.5 Å². The highest BCUT2D eigenvalue weighted by molar-refractivity contribution is 6.36. The molecule has 23 heavy (non-hydrogen) atoms. The number of nitrogens with zero attached hydrogens (tertiary/aromatic N) is 2. The van der Waals surface area contributed by atoms with Crippen molar-refractivity contribution in [3.63, 3.8) is 0 Å². The van der Waals surface area contributed by atoms with Gasteiger partial charge in [-0.2, -0.15) is 5.10 Å². The van der Waals surface area contributed by atoms with Gasteiger partial charge in [0.05, 0.1) is 16.4 Å². The highest BCUT2D eigenvalue weighted by Crippen LogP contribution is 2.38. The monoisotopic (exact) mass is 343 g/mol. The van der Waals surface area contributed by atoms with E-state index in [0.717, 1.165) is 35.7 Å². The van der Waals surface area contributed by atoms with Crippen LogP contribution >= 0.6 is 23.2 Å². The Balaban J connectivity index is 1.94. The van der Waals surface area contributed by atoms with E-state index in [4.69, 9.17) is 28.3 Å². The van der Waals surface area contributed by atoms with Crippen molar-refractivity contribution in [3.8, 4) is 16.9 Å². The van der Waals surface area contributed by atoms with E-state index in [9.17, 15) is 0 Å². The number of halogens is 2. The molecular formula is C18H15Cl2N3. The van der Waals surface area contributed by atoms with Gasteiger partial charge >= 0.3 is 0 Å². The fourth-order valence-electron chi connectivity index (χ4n) is 3.05. The van der Waals surface area contributed by atoms with Gasteiger partial charge in [-0.15, -0.1) is 0 Å². The molecule has 1 aliphatic heterocycles. The highest BCUT2D eigenvalue weighted by atomic mass is 35.5. The molecule has 0 fully saturated rings. The maximum absolute atomic E-state index is 6.40. The van der Waals surface area contributed by atoms with Crippen LogP contribution in [-0.4, -0.2) is 16.3 Å². The van der Waals surface area contributed by atoms with Crippen LogP contribution in [0.1, 0.15) is 11.1 Å². The van der Waals surface area contributed by atoms with E-state index in [1.165, 1.54) is 11.1 Å². The third kappa shape index (κ3) is 2.41. The van der Waals surface area contributed by atoms with E-state index in [0.29, 0.717) is 10.0 Å². The number of benzene rings is 2. The first-order valence-corrected chi connectivity index (χ1v) is 8.28. The quantitative estimate of drug-likeness (QED) is 0.699. The van der Waals surface area contributed by atoms with Crippen LogP contribution in [0.5, 0.6) is 0 Å². The van der Waals surface area contributed by atoms with Gasteiger partial charge in [-0.3, -0.25) is 0 Å². The van der Waals surface area contributed by atoms with Crippen LogP contribution in [0, 0.1) is 6.92 Å². The van der Waals surface area contributed by atoms with Crippen LogP contribution in [0.3, 0.4) is 0 Å². The van der Waals surface area contributed by atoms with Crippen molar-refractivity contribution in [2.24, 2.45) is 0 Å². The standard InChI is InChI=1S/C18H15Cl2N3/c1-11-4-2-3-5-16(11)23-18-14(8-9-21-18)17(22-23)13-7-6-12(19)10-15(13)20/h2-7,10,21H,8-9H2,1H3. The fraction of sp³-hybridized carbons (Fsp3) is 0.167. The van der Waals surface area contributed by atoms with Crippen LogP contribution < -0.4 is 5.32 Å². The minimum atomic E-state index is 0.627. The van der Waals surface area contributed by atoms with Crippen LogP contribution in [0.4, 0.5) is 5.82 Å². The maximum atomic E-state index is 6.40. The molecule has 3 aromatic rings. The second kappa shape index (κ2) is 5.59. The molecule has 0 radical (unpaired) electrons. The molecule has 0 saturated heterocycles. The number of anilines is 1. The lowest BCUT2D eigenvalue weighted by atomic mass is 10.1. The maximum Gasteiger partial charge on any atom is 0.133 e. The van der Waals surface area contributed by atoms with Gasteiger partial charge in [0, 0.05) is 22.7 Å². The van der Waals surface area contributed by atoms with Gasteiger partial charge in [0.1, 0.15) is 5.82 Å². The van der Waals surface area contributed by atoms with Crippen molar-refractivity contribution in [1.29, 1.82) is 0 Å². The topological polar surface area (TPSA) is 29.9 Å². The highest BCUT2D eigenvalue weighted by Gasteiger charge is 2.25. The zero-order valence-electron chi connectivity index (χ0n) is 12.6. The normalized spacial score (nSPS) is 13.0. The van der Waals surface area contributed by atoms with Gasteiger partial charge in [-0.1, -0.05) is 41.4 Å². The second-order valence-electron chi connectivity index (χ2n) is 5.68. The fourth-order valence-corrected chi connectivity index (χ4v) is 3.55. The van der Waals surface area contributed by atoms with E-state index >= 15 is 0 Å². The number of aryl methyl sites for hydroxylation is 1. The van der Waals surface area contributed by atoms with Crippen molar-refractivity contribution in [1.82, 2.24) is 9.78 Å². The summed E-state index contributed by atoms with van der Waals surface area (Å²) in [5, 5.41) is 9.55. The zero-order valence-corrected chi connectivity index (χ0v) is 14.1. The van der Waals surface area contributed by atoms with Crippen molar-refractivity contribution in [2.75, 3.05) is 11.9 Å². The van der Waals surface area contributed by atoms with Gasteiger partial charge < -0.3 is 5.32 Å². The van der Waals surface area contributed by atoms with E-state index in [1.54, 1.807) is 6.07 Å². The van der Waals surface area contributed by atoms with Gasteiger partial charge in [-0.25, -0.2) is 4.68 Å². The molecule has 2 heterocycles. The number of aromatic nitrogens is 2. The Bertz CT molecular complexity index is 899. The van der Waals surface area contributed by atoms with Gasteiger partial charge in [0.2, 0.25) is 0 Å². The molecule has 0 atom stereocenters. The number of para-hydroxylation sites is 1. The summed E-state index contributed by atoms with van der Waals surface area (Å²) in [5.74, 6) is 1.06. The molecule has 0 aliphatic carbocycles. The molecule has 2 aromatic carbocycles. The minimum Gasteiger partial charge on any atom is -0.369 e.